The summed E-state index contributed by atoms with van der Waals surface area (Å²) in [5.74, 6) is 1.50. The molecule has 0 saturated carbocycles. The van der Waals surface area contributed by atoms with Crippen LogP contribution in [-0.4, -0.2) is 48.7 Å². The SMILES string of the molecule is COc1ccc(S(=O)(=O)NCCn2c(-c3ccncc3)nc3cccnc32)cc1OC. The molecule has 0 unspecified atom stereocenters. The molecular weight excluding hydrogens is 418 g/mol. The zero-order valence-corrected chi connectivity index (χ0v) is 17.8. The van der Waals surface area contributed by atoms with Crippen LogP contribution in [0, 0.1) is 0 Å². The number of aromatic nitrogens is 4. The second kappa shape index (κ2) is 8.70. The predicted octanol–water partition coefficient (Wildman–Crippen LogP) is 2.49. The zero-order valence-electron chi connectivity index (χ0n) is 17.0. The van der Waals surface area contributed by atoms with Gasteiger partial charge in [0, 0.05) is 43.3 Å². The molecule has 0 aliphatic rings. The lowest BCUT2D eigenvalue weighted by Crippen LogP contribution is -2.27. The van der Waals surface area contributed by atoms with Crippen LogP contribution in [0.3, 0.4) is 0 Å². The molecule has 0 bridgehead atoms. The Balaban J connectivity index is 1.59. The molecule has 0 aliphatic carbocycles. The van der Waals surface area contributed by atoms with Crippen LogP contribution >= 0.6 is 0 Å². The minimum Gasteiger partial charge on any atom is -0.493 e. The number of pyridine rings is 2. The van der Waals surface area contributed by atoms with Crippen LogP contribution in [-0.2, 0) is 16.6 Å². The van der Waals surface area contributed by atoms with Gasteiger partial charge >= 0.3 is 0 Å². The Morgan fingerprint density at radius 2 is 1.77 bits per heavy atom. The van der Waals surface area contributed by atoms with E-state index in [4.69, 9.17) is 9.47 Å². The average Bonchev–Trinajstić information content (AvgIpc) is 3.17. The molecule has 31 heavy (non-hydrogen) atoms. The standard InChI is InChI=1S/C21H21N5O4S/c1-29-18-6-5-16(14-19(18)30-2)31(27,28)24-12-13-26-20(15-7-10-22-11-8-15)25-17-4-3-9-23-21(17)26/h3-11,14,24H,12-13H2,1-2H3. The lowest BCUT2D eigenvalue weighted by atomic mass is 10.2. The molecule has 160 valence electrons. The molecule has 0 amide bonds. The Labute approximate surface area is 179 Å². The van der Waals surface area contributed by atoms with Crippen molar-refractivity contribution < 1.29 is 17.9 Å². The Kier molecular flexibility index (Phi) is 5.83. The summed E-state index contributed by atoms with van der Waals surface area (Å²) in [6.07, 6.45) is 5.06. The normalized spacial score (nSPS) is 11.5. The Hall–Kier alpha value is -3.50. The van der Waals surface area contributed by atoms with E-state index in [1.807, 2.05) is 28.8 Å². The predicted molar refractivity (Wildman–Crippen MR) is 115 cm³/mol. The molecule has 0 spiro atoms. The molecule has 3 aromatic heterocycles. The molecule has 4 aromatic rings. The number of hydrogen-bond donors (Lipinski definition) is 1. The Bertz CT molecular complexity index is 1310. The average molecular weight is 439 g/mol. The van der Waals surface area contributed by atoms with Crippen molar-refractivity contribution in [1.29, 1.82) is 0 Å². The van der Waals surface area contributed by atoms with Crippen molar-refractivity contribution in [3.8, 4) is 22.9 Å². The fraction of sp³-hybridized carbons (Fsp3) is 0.190. The second-order valence-electron chi connectivity index (χ2n) is 6.58. The van der Waals surface area contributed by atoms with E-state index in [0.717, 1.165) is 11.1 Å². The molecule has 9 nitrogen and oxygen atoms in total. The van der Waals surface area contributed by atoms with Gasteiger partial charge in [-0.2, -0.15) is 0 Å². The highest BCUT2D eigenvalue weighted by Crippen LogP contribution is 2.29. The topological polar surface area (TPSA) is 108 Å². The minimum absolute atomic E-state index is 0.0909. The fourth-order valence-corrected chi connectivity index (χ4v) is 4.29. The number of fused-ring (bicyclic) bond motifs is 1. The summed E-state index contributed by atoms with van der Waals surface area (Å²) < 4.78 is 40.5. The van der Waals surface area contributed by atoms with Crippen molar-refractivity contribution in [2.24, 2.45) is 0 Å². The Morgan fingerprint density at radius 3 is 2.52 bits per heavy atom. The van der Waals surface area contributed by atoms with E-state index in [-0.39, 0.29) is 11.4 Å². The lowest BCUT2D eigenvalue weighted by Gasteiger charge is -2.12. The summed E-state index contributed by atoms with van der Waals surface area (Å²) in [6.45, 7) is 0.495. The van der Waals surface area contributed by atoms with Gasteiger partial charge in [-0.1, -0.05) is 0 Å². The van der Waals surface area contributed by atoms with E-state index < -0.39 is 10.0 Å². The highest BCUT2D eigenvalue weighted by molar-refractivity contribution is 7.89. The van der Waals surface area contributed by atoms with Gasteiger partial charge in [-0.3, -0.25) is 4.98 Å². The van der Waals surface area contributed by atoms with Gasteiger partial charge in [0.25, 0.3) is 0 Å². The van der Waals surface area contributed by atoms with E-state index in [1.165, 1.54) is 26.4 Å². The number of hydrogen-bond acceptors (Lipinski definition) is 7. The number of rotatable bonds is 8. The summed E-state index contributed by atoms with van der Waals surface area (Å²) >= 11 is 0. The van der Waals surface area contributed by atoms with Gasteiger partial charge in [0.1, 0.15) is 11.3 Å². The molecule has 4 rings (SSSR count). The monoisotopic (exact) mass is 439 g/mol. The highest BCUT2D eigenvalue weighted by atomic mass is 32.2. The number of nitrogens with zero attached hydrogens (tertiary/aromatic N) is 4. The quantitative estimate of drug-likeness (QED) is 0.449. The molecule has 0 saturated heterocycles. The van der Waals surface area contributed by atoms with E-state index in [1.54, 1.807) is 24.7 Å². The number of nitrogens with one attached hydrogen (secondary N) is 1. The number of methoxy groups -OCH3 is 2. The highest BCUT2D eigenvalue weighted by Gasteiger charge is 2.18. The van der Waals surface area contributed by atoms with Crippen molar-refractivity contribution in [3.63, 3.8) is 0 Å². The first kappa shape index (κ1) is 20.8. The minimum atomic E-state index is -3.75. The first-order chi connectivity index (χ1) is 15.0. The smallest absolute Gasteiger partial charge is 0.240 e. The van der Waals surface area contributed by atoms with Gasteiger partial charge in [0.05, 0.1) is 19.1 Å². The molecule has 0 aliphatic heterocycles. The maximum absolute atomic E-state index is 12.8. The zero-order chi connectivity index (χ0) is 21.8. The first-order valence-electron chi connectivity index (χ1n) is 9.47. The second-order valence-corrected chi connectivity index (χ2v) is 8.35. The molecule has 0 atom stereocenters. The number of benzene rings is 1. The van der Waals surface area contributed by atoms with Gasteiger partial charge in [0.2, 0.25) is 10.0 Å². The van der Waals surface area contributed by atoms with Crippen molar-refractivity contribution in [1.82, 2.24) is 24.2 Å². The van der Waals surface area contributed by atoms with Crippen LogP contribution in [0.1, 0.15) is 0 Å². The molecular formula is C21H21N5O4S. The van der Waals surface area contributed by atoms with Crippen molar-refractivity contribution in [2.75, 3.05) is 20.8 Å². The van der Waals surface area contributed by atoms with Crippen LogP contribution in [0.25, 0.3) is 22.6 Å². The largest absolute Gasteiger partial charge is 0.493 e. The van der Waals surface area contributed by atoms with Crippen molar-refractivity contribution in [3.05, 3.63) is 61.1 Å². The summed E-state index contributed by atoms with van der Waals surface area (Å²) in [5.41, 5.74) is 2.28. The first-order valence-corrected chi connectivity index (χ1v) is 10.9. The molecule has 1 N–H and O–H groups in total. The van der Waals surface area contributed by atoms with Gasteiger partial charge in [-0.25, -0.2) is 23.1 Å². The third-order valence-electron chi connectivity index (χ3n) is 4.74. The summed E-state index contributed by atoms with van der Waals surface area (Å²) in [6, 6.07) is 11.9. The van der Waals surface area contributed by atoms with Gasteiger partial charge in [0.15, 0.2) is 17.1 Å². The third kappa shape index (κ3) is 4.21. The van der Waals surface area contributed by atoms with E-state index in [0.29, 0.717) is 29.5 Å². The lowest BCUT2D eigenvalue weighted by molar-refractivity contribution is 0.354. The van der Waals surface area contributed by atoms with Crippen molar-refractivity contribution in [2.45, 2.75) is 11.4 Å². The van der Waals surface area contributed by atoms with Crippen LogP contribution in [0.15, 0.2) is 66.0 Å². The van der Waals surface area contributed by atoms with E-state index in [2.05, 4.69) is 19.7 Å². The van der Waals surface area contributed by atoms with Gasteiger partial charge in [-0.05, 0) is 36.4 Å². The summed E-state index contributed by atoms with van der Waals surface area (Å²) in [5, 5.41) is 0. The fourth-order valence-electron chi connectivity index (χ4n) is 3.25. The summed E-state index contributed by atoms with van der Waals surface area (Å²) in [4.78, 5) is 13.2. The number of imidazole rings is 1. The van der Waals surface area contributed by atoms with E-state index in [9.17, 15) is 8.42 Å². The third-order valence-corrected chi connectivity index (χ3v) is 6.19. The molecule has 1 aromatic carbocycles. The molecule has 0 radical (unpaired) electrons. The van der Waals surface area contributed by atoms with Crippen LogP contribution in [0.2, 0.25) is 0 Å². The van der Waals surface area contributed by atoms with Crippen LogP contribution in [0.4, 0.5) is 0 Å². The number of sulfonamides is 1. The molecule has 10 heteroatoms. The molecule has 0 fully saturated rings. The maximum Gasteiger partial charge on any atom is 0.240 e. The number of ether oxygens (including phenoxy) is 2. The van der Waals surface area contributed by atoms with E-state index >= 15 is 0 Å². The van der Waals surface area contributed by atoms with Gasteiger partial charge in [-0.15, -0.1) is 0 Å². The van der Waals surface area contributed by atoms with Crippen LogP contribution in [0.5, 0.6) is 11.5 Å². The Morgan fingerprint density at radius 1 is 1.00 bits per heavy atom. The van der Waals surface area contributed by atoms with Gasteiger partial charge < -0.3 is 14.0 Å². The molecule has 3 heterocycles. The van der Waals surface area contributed by atoms with Crippen molar-refractivity contribution >= 4 is 21.2 Å². The maximum atomic E-state index is 12.8. The summed E-state index contributed by atoms with van der Waals surface area (Å²) in [7, 11) is -0.800. The van der Waals surface area contributed by atoms with Crippen LogP contribution < -0.4 is 14.2 Å².